The summed E-state index contributed by atoms with van der Waals surface area (Å²) in [6.45, 7) is 33.3. The summed E-state index contributed by atoms with van der Waals surface area (Å²) in [4.78, 5) is 5.29. The third-order valence-corrected chi connectivity index (χ3v) is 19.2. The van der Waals surface area contributed by atoms with E-state index in [0.717, 1.165) is 81.3 Å². The fourth-order valence-electron chi connectivity index (χ4n) is 14.5. The minimum atomic E-state index is -0.328. The molecule has 73 heavy (non-hydrogen) atoms. The first-order chi connectivity index (χ1) is 34.5. The van der Waals surface area contributed by atoms with Crippen molar-refractivity contribution in [2.24, 2.45) is 0 Å². The van der Waals surface area contributed by atoms with Crippen molar-refractivity contribution >= 4 is 79.3 Å². The van der Waals surface area contributed by atoms with E-state index in [1.54, 1.807) is 0 Å². The van der Waals surface area contributed by atoms with Gasteiger partial charge in [0, 0.05) is 44.2 Å². The van der Waals surface area contributed by atoms with E-state index in [9.17, 15) is 0 Å². The lowest BCUT2D eigenvalue weighted by atomic mass is 9.45. The van der Waals surface area contributed by atoms with Crippen LogP contribution >= 0.6 is 0 Å². The summed E-state index contributed by atoms with van der Waals surface area (Å²) < 4.78 is 15.2. The van der Waals surface area contributed by atoms with Crippen molar-refractivity contribution in [1.82, 2.24) is 0 Å². The van der Waals surface area contributed by atoms with Gasteiger partial charge in [-0.05, 0) is 181 Å². The number of nitrogens with zero attached hydrogens (tertiary/aromatic N) is 2. The van der Waals surface area contributed by atoms with Crippen molar-refractivity contribution in [3.8, 4) is 22.3 Å². The molecule has 0 radical (unpaired) electrons. The van der Waals surface area contributed by atoms with Gasteiger partial charge in [0.2, 0.25) is 0 Å². The fourth-order valence-corrected chi connectivity index (χ4v) is 14.5. The highest BCUT2D eigenvalue weighted by atomic mass is 16.3. The summed E-state index contributed by atoms with van der Waals surface area (Å²) in [7, 11) is 0. The van der Waals surface area contributed by atoms with Crippen LogP contribution in [-0.4, -0.2) is 6.85 Å². The highest BCUT2D eigenvalue weighted by Gasteiger charge is 2.52. The van der Waals surface area contributed by atoms with E-state index in [4.69, 9.17) is 8.83 Å². The minimum Gasteiger partial charge on any atom is -0.466 e. The molecule has 4 nitrogen and oxygen atoms in total. The van der Waals surface area contributed by atoms with Gasteiger partial charge in [-0.15, -0.1) is 0 Å². The third kappa shape index (κ3) is 6.03. The van der Waals surface area contributed by atoms with Gasteiger partial charge in [0.15, 0.2) is 5.58 Å². The number of hydrogen-bond donors (Lipinski definition) is 0. The zero-order valence-corrected chi connectivity index (χ0v) is 45.6. The van der Waals surface area contributed by atoms with Crippen molar-refractivity contribution < 1.29 is 8.83 Å². The normalized spacial score (nSPS) is 19.1. The number of para-hydroxylation sites is 1. The van der Waals surface area contributed by atoms with E-state index < -0.39 is 0 Å². The molecule has 0 fully saturated rings. The number of fused-ring (bicyclic) bond motifs is 15. The Labute approximate surface area is 432 Å². The van der Waals surface area contributed by atoms with Crippen LogP contribution in [-0.2, 0) is 32.5 Å². The van der Waals surface area contributed by atoms with E-state index in [1.807, 2.05) is 0 Å². The molecule has 0 saturated heterocycles. The first-order valence-electron chi connectivity index (χ1n) is 27.2. The van der Waals surface area contributed by atoms with Crippen LogP contribution < -0.4 is 20.8 Å². The molecular formula is C68H69BN2O2. The zero-order valence-electron chi connectivity index (χ0n) is 45.6. The van der Waals surface area contributed by atoms with E-state index in [2.05, 4.69) is 222 Å². The van der Waals surface area contributed by atoms with Gasteiger partial charge in [0.05, 0.1) is 11.4 Å². The summed E-state index contributed by atoms with van der Waals surface area (Å²) in [6, 6.07) is 44.9. The molecule has 2 aliphatic heterocycles. The maximum absolute atomic E-state index is 7.83. The van der Waals surface area contributed by atoms with Crippen LogP contribution in [0.15, 0.2) is 124 Å². The van der Waals surface area contributed by atoms with Gasteiger partial charge < -0.3 is 18.5 Å². The van der Waals surface area contributed by atoms with Gasteiger partial charge in [-0.25, -0.2) is 0 Å². The van der Waals surface area contributed by atoms with E-state index in [1.165, 1.54) is 83.6 Å². The molecule has 0 saturated carbocycles. The smallest absolute Gasteiger partial charge is 0.376 e. The lowest BCUT2D eigenvalue weighted by Gasteiger charge is -2.46. The molecule has 0 atom stereocenters. The van der Waals surface area contributed by atoms with Gasteiger partial charge in [-0.2, -0.15) is 0 Å². The minimum absolute atomic E-state index is 0.00391. The average molecular weight is 957 g/mol. The summed E-state index contributed by atoms with van der Waals surface area (Å²) in [5.41, 5.74) is 26.7. The molecule has 9 aromatic rings. The van der Waals surface area contributed by atoms with Crippen molar-refractivity contribution in [3.05, 3.63) is 160 Å². The first-order valence-corrected chi connectivity index (χ1v) is 27.2. The van der Waals surface area contributed by atoms with Crippen LogP contribution in [0, 0.1) is 6.92 Å². The highest BCUT2D eigenvalue weighted by molar-refractivity contribution is 6.93. The summed E-state index contributed by atoms with van der Waals surface area (Å²) in [6.07, 6.45) is 4.55. The second kappa shape index (κ2) is 14.2. The first kappa shape index (κ1) is 45.2. The highest BCUT2D eigenvalue weighted by Crippen LogP contribution is 2.59. The molecule has 14 rings (SSSR count). The summed E-state index contributed by atoms with van der Waals surface area (Å²) >= 11 is 0. The van der Waals surface area contributed by atoms with Gasteiger partial charge in [-0.3, -0.25) is 0 Å². The van der Waals surface area contributed by atoms with Crippen LogP contribution in [0.5, 0.6) is 0 Å². The van der Waals surface area contributed by atoms with Gasteiger partial charge >= 0.3 is 6.85 Å². The van der Waals surface area contributed by atoms with Crippen molar-refractivity contribution in [1.29, 1.82) is 0 Å². The molecule has 0 amide bonds. The van der Waals surface area contributed by atoms with Crippen LogP contribution in [0.2, 0.25) is 0 Å². The number of hydrogen-bond acceptors (Lipinski definition) is 4. The predicted octanol–water partition coefficient (Wildman–Crippen LogP) is 17.7. The quantitative estimate of drug-likeness (QED) is 0.162. The molecule has 0 N–H and O–H groups in total. The zero-order chi connectivity index (χ0) is 50.8. The van der Waals surface area contributed by atoms with Crippen LogP contribution in [0.1, 0.15) is 160 Å². The molecule has 5 aliphatic rings. The standard InChI is InChI=1S/C68H69BN2O2/c1-38-31-50-52(66(9,10)29-27-64(50,5)6)36-54(38)70-59-47-34-51-53(67(11,12)30-28-65(51,7)8)37-57(47)73-62(59)69-58-45(33-46-42-20-16-18-22-56(42)72-61(46)60(58)70)44-32-43-41-19-15-17-21-48(41)68(13,14)49(43)35-55(44)71(69)40-25-23-39(24-26-40)63(2,3)4/h15-26,31-37H,27-30H2,1-14H3. The second-order valence-corrected chi connectivity index (χ2v) is 27.1. The third-order valence-electron chi connectivity index (χ3n) is 19.2. The number of benzene rings is 7. The summed E-state index contributed by atoms with van der Waals surface area (Å²) in [5, 5.41) is 3.43. The Balaban J connectivity index is 1.18. The monoisotopic (exact) mass is 957 g/mol. The predicted molar refractivity (Wildman–Crippen MR) is 309 cm³/mol. The van der Waals surface area contributed by atoms with Gasteiger partial charge in [-0.1, -0.05) is 151 Å². The molecule has 7 aromatic carbocycles. The lowest BCUT2D eigenvalue weighted by Crippen LogP contribution is -2.61. The van der Waals surface area contributed by atoms with E-state index in [0.29, 0.717) is 0 Å². The fraction of sp³-hybridized carbons (Fsp3) is 0.353. The Morgan fingerprint density at radius 1 is 0.479 bits per heavy atom. The molecule has 0 unspecified atom stereocenters. The molecular weight excluding hydrogens is 888 g/mol. The summed E-state index contributed by atoms with van der Waals surface area (Å²) in [5.74, 6) is 0. The van der Waals surface area contributed by atoms with Crippen molar-refractivity contribution in [2.45, 2.75) is 155 Å². The molecule has 0 spiro atoms. The Hall–Kier alpha value is -6.46. The number of aryl methyl sites for hydroxylation is 1. The molecule has 2 aromatic heterocycles. The van der Waals surface area contributed by atoms with Crippen LogP contribution in [0.3, 0.4) is 0 Å². The molecule has 3 aliphatic carbocycles. The van der Waals surface area contributed by atoms with Gasteiger partial charge in [0.25, 0.3) is 0 Å². The Kier molecular flexibility index (Phi) is 8.80. The van der Waals surface area contributed by atoms with Crippen LogP contribution in [0.25, 0.3) is 55.2 Å². The number of anilines is 5. The topological polar surface area (TPSA) is 32.8 Å². The Bertz CT molecular complexity index is 3900. The number of furan rings is 2. The maximum Gasteiger partial charge on any atom is 0.376 e. The lowest BCUT2D eigenvalue weighted by molar-refractivity contribution is 0.332. The molecule has 5 heteroatoms. The van der Waals surface area contributed by atoms with E-state index >= 15 is 0 Å². The SMILES string of the molecule is Cc1cc2c(cc1N1c3c(oc4cc5c(cc34)C(C)(C)CCC5(C)C)B3c4c(cc5c(oc6ccccc65)c41)-c1cc4c(cc1N3c1ccc(C(C)(C)C)cc1)C(C)(C)c1ccccc1-4)C(C)(C)CCC2(C)C. The number of rotatable bonds is 2. The van der Waals surface area contributed by atoms with Gasteiger partial charge in [0.1, 0.15) is 16.8 Å². The second-order valence-electron chi connectivity index (χ2n) is 27.1. The largest absolute Gasteiger partial charge is 0.466 e. The van der Waals surface area contributed by atoms with Crippen molar-refractivity contribution in [2.75, 3.05) is 9.71 Å². The molecule has 4 heterocycles. The maximum atomic E-state index is 7.83. The van der Waals surface area contributed by atoms with Crippen molar-refractivity contribution in [3.63, 3.8) is 0 Å². The van der Waals surface area contributed by atoms with E-state index in [-0.39, 0.29) is 39.3 Å². The Morgan fingerprint density at radius 3 is 1.77 bits per heavy atom. The van der Waals surface area contributed by atoms with Crippen LogP contribution in [0.4, 0.5) is 28.4 Å². The average Bonchev–Trinajstić information content (AvgIpc) is 3.98. The Morgan fingerprint density at radius 2 is 1.08 bits per heavy atom. The molecule has 0 bridgehead atoms. The molecule has 366 valence electrons.